The van der Waals surface area contributed by atoms with E-state index in [-0.39, 0.29) is 0 Å². The van der Waals surface area contributed by atoms with Crippen LogP contribution in [0.4, 0.5) is 0 Å². The molecule has 2 fully saturated rings. The van der Waals surface area contributed by atoms with Crippen molar-refractivity contribution in [1.82, 2.24) is 4.90 Å². The summed E-state index contributed by atoms with van der Waals surface area (Å²) in [7, 11) is 0. The predicted octanol–water partition coefficient (Wildman–Crippen LogP) is 4.43. The first kappa shape index (κ1) is 17.3. The highest BCUT2D eigenvalue weighted by Gasteiger charge is 2.39. The Hall–Kier alpha value is -0.0800. The van der Waals surface area contributed by atoms with Crippen molar-refractivity contribution >= 4 is 0 Å². The molecule has 2 unspecified atom stereocenters. The molecule has 2 rings (SSSR count). The fourth-order valence-electron chi connectivity index (χ4n) is 4.85. The van der Waals surface area contributed by atoms with Gasteiger partial charge in [0, 0.05) is 12.1 Å². The van der Waals surface area contributed by atoms with E-state index in [4.69, 9.17) is 5.73 Å². The van der Waals surface area contributed by atoms with Crippen LogP contribution in [-0.4, -0.2) is 30.1 Å². The summed E-state index contributed by atoms with van der Waals surface area (Å²) in [5.74, 6) is 2.76. The van der Waals surface area contributed by atoms with Crippen molar-refractivity contribution < 1.29 is 0 Å². The van der Waals surface area contributed by atoms with E-state index in [1.165, 1.54) is 70.9 Å². The zero-order valence-electron chi connectivity index (χ0n) is 14.7. The lowest BCUT2D eigenvalue weighted by molar-refractivity contribution is 0.0341. The minimum atomic E-state index is 0.338. The van der Waals surface area contributed by atoms with E-state index in [0.29, 0.717) is 5.54 Å². The van der Waals surface area contributed by atoms with Crippen molar-refractivity contribution in [1.29, 1.82) is 0 Å². The minimum absolute atomic E-state index is 0.338. The van der Waals surface area contributed by atoms with Crippen LogP contribution in [0.1, 0.15) is 78.6 Å². The Balaban J connectivity index is 1.95. The lowest BCUT2D eigenvalue weighted by atomic mass is 9.81. The van der Waals surface area contributed by atoms with Gasteiger partial charge < -0.3 is 5.73 Å². The summed E-state index contributed by atoms with van der Waals surface area (Å²) in [6.45, 7) is 10.6. The number of nitrogens with zero attached hydrogens (tertiary/aromatic N) is 1. The highest BCUT2D eigenvalue weighted by molar-refractivity contribution is 4.96. The summed E-state index contributed by atoms with van der Waals surface area (Å²) < 4.78 is 0. The lowest BCUT2D eigenvalue weighted by Gasteiger charge is -2.47. The quantitative estimate of drug-likeness (QED) is 0.760. The van der Waals surface area contributed by atoms with Gasteiger partial charge >= 0.3 is 0 Å². The third-order valence-electron chi connectivity index (χ3n) is 6.50. The number of hydrogen-bond acceptors (Lipinski definition) is 2. The SMILES string of the molecule is CCCC1CCCC(CN)(N2CCC(C(C)C)CC2)CC1. The summed E-state index contributed by atoms with van der Waals surface area (Å²) in [6, 6.07) is 0. The van der Waals surface area contributed by atoms with Gasteiger partial charge in [-0.3, -0.25) is 4.90 Å². The van der Waals surface area contributed by atoms with Crippen LogP contribution in [-0.2, 0) is 0 Å². The molecule has 2 heteroatoms. The minimum Gasteiger partial charge on any atom is -0.329 e. The molecule has 0 aromatic heterocycles. The number of hydrogen-bond donors (Lipinski definition) is 1. The van der Waals surface area contributed by atoms with Gasteiger partial charge in [-0.25, -0.2) is 0 Å². The molecule has 0 radical (unpaired) electrons. The topological polar surface area (TPSA) is 29.3 Å². The molecule has 1 aliphatic carbocycles. The molecule has 2 N–H and O–H groups in total. The van der Waals surface area contributed by atoms with Crippen molar-refractivity contribution in [3.63, 3.8) is 0 Å². The molecule has 1 saturated heterocycles. The first-order valence-electron chi connectivity index (χ1n) is 9.56. The molecule has 1 heterocycles. The molecule has 0 amide bonds. The standard InChI is InChI=1S/C19H38N2/c1-4-6-17-7-5-11-19(15-20,12-8-17)21-13-9-18(10-14-21)16(2)3/h16-18H,4-15,20H2,1-3H3. The van der Waals surface area contributed by atoms with E-state index in [9.17, 15) is 0 Å². The molecule has 0 aromatic carbocycles. The smallest absolute Gasteiger partial charge is 0.0331 e. The van der Waals surface area contributed by atoms with E-state index < -0.39 is 0 Å². The molecule has 1 saturated carbocycles. The number of nitrogens with two attached hydrogens (primary N) is 1. The van der Waals surface area contributed by atoms with E-state index in [1.54, 1.807) is 0 Å². The monoisotopic (exact) mass is 294 g/mol. The van der Waals surface area contributed by atoms with Gasteiger partial charge in [-0.1, -0.05) is 46.5 Å². The summed E-state index contributed by atoms with van der Waals surface area (Å²) in [6.07, 6.45) is 12.5. The average Bonchev–Trinajstić information content (AvgIpc) is 2.71. The second-order valence-electron chi connectivity index (χ2n) is 8.08. The van der Waals surface area contributed by atoms with Crippen LogP contribution in [0.2, 0.25) is 0 Å². The highest BCUT2D eigenvalue weighted by atomic mass is 15.2. The molecular weight excluding hydrogens is 256 g/mol. The van der Waals surface area contributed by atoms with Crippen molar-refractivity contribution in [3.8, 4) is 0 Å². The normalized spacial score (nSPS) is 33.3. The molecular formula is C19H38N2. The Morgan fingerprint density at radius 2 is 1.81 bits per heavy atom. The first-order chi connectivity index (χ1) is 10.1. The predicted molar refractivity (Wildman–Crippen MR) is 92.4 cm³/mol. The fourth-order valence-corrected chi connectivity index (χ4v) is 4.85. The summed E-state index contributed by atoms with van der Waals surface area (Å²) in [4.78, 5) is 2.79. The molecule has 2 nitrogen and oxygen atoms in total. The molecule has 124 valence electrons. The Labute approximate surface area is 132 Å². The Kier molecular flexibility index (Phi) is 6.55. The van der Waals surface area contributed by atoms with Crippen LogP contribution in [0, 0.1) is 17.8 Å². The van der Waals surface area contributed by atoms with Crippen molar-refractivity contribution in [3.05, 3.63) is 0 Å². The highest BCUT2D eigenvalue weighted by Crippen LogP contribution is 2.38. The second-order valence-corrected chi connectivity index (χ2v) is 8.08. The van der Waals surface area contributed by atoms with E-state index in [1.807, 2.05) is 0 Å². The van der Waals surface area contributed by atoms with E-state index in [2.05, 4.69) is 25.7 Å². The summed E-state index contributed by atoms with van der Waals surface area (Å²) in [5, 5.41) is 0. The van der Waals surface area contributed by atoms with Crippen molar-refractivity contribution in [2.24, 2.45) is 23.5 Å². The summed E-state index contributed by atoms with van der Waals surface area (Å²) >= 11 is 0. The fraction of sp³-hybridized carbons (Fsp3) is 1.00. The van der Waals surface area contributed by atoms with Gasteiger partial charge in [0.05, 0.1) is 0 Å². The maximum atomic E-state index is 6.31. The number of rotatable bonds is 5. The van der Waals surface area contributed by atoms with Crippen LogP contribution < -0.4 is 5.73 Å². The van der Waals surface area contributed by atoms with Crippen molar-refractivity contribution in [2.45, 2.75) is 84.1 Å². The van der Waals surface area contributed by atoms with Crippen molar-refractivity contribution in [2.75, 3.05) is 19.6 Å². The van der Waals surface area contributed by atoms with Crippen LogP contribution in [0.15, 0.2) is 0 Å². The van der Waals surface area contributed by atoms with Gasteiger partial charge in [0.2, 0.25) is 0 Å². The molecule has 0 aromatic rings. The van der Waals surface area contributed by atoms with Gasteiger partial charge in [0.25, 0.3) is 0 Å². The molecule has 2 atom stereocenters. The maximum Gasteiger partial charge on any atom is 0.0331 e. The molecule has 2 aliphatic rings. The maximum absolute atomic E-state index is 6.31. The van der Waals surface area contributed by atoms with Gasteiger partial charge in [-0.15, -0.1) is 0 Å². The van der Waals surface area contributed by atoms with Crippen LogP contribution in [0.25, 0.3) is 0 Å². The third kappa shape index (κ3) is 4.22. The summed E-state index contributed by atoms with van der Waals surface area (Å²) in [5.41, 5.74) is 6.65. The first-order valence-corrected chi connectivity index (χ1v) is 9.56. The number of piperidine rings is 1. The van der Waals surface area contributed by atoms with Gasteiger partial charge in [-0.05, 0) is 62.9 Å². The molecule has 1 aliphatic heterocycles. The van der Waals surface area contributed by atoms with E-state index >= 15 is 0 Å². The lowest BCUT2D eigenvalue weighted by Crippen LogP contribution is -2.56. The number of likely N-dealkylation sites (tertiary alicyclic amines) is 1. The van der Waals surface area contributed by atoms with Crippen LogP contribution >= 0.6 is 0 Å². The zero-order valence-corrected chi connectivity index (χ0v) is 14.7. The Morgan fingerprint density at radius 3 is 2.38 bits per heavy atom. The van der Waals surface area contributed by atoms with Crippen LogP contribution in [0.5, 0.6) is 0 Å². The van der Waals surface area contributed by atoms with Gasteiger partial charge in [-0.2, -0.15) is 0 Å². The van der Waals surface area contributed by atoms with Gasteiger partial charge in [0.1, 0.15) is 0 Å². The van der Waals surface area contributed by atoms with Crippen LogP contribution in [0.3, 0.4) is 0 Å². The van der Waals surface area contributed by atoms with E-state index in [0.717, 1.165) is 24.3 Å². The van der Waals surface area contributed by atoms with Gasteiger partial charge in [0.15, 0.2) is 0 Å². The molecule has 0 spiro atoms. The Morgan fingerprint density at radius 1 is 1.10 bits per heavy atom. The third-order valence-corrected chi connectivity index (χ3v) is 6.50. The molecule has 21 heavy (non-hydrogen) atoms. The average molecular weight is 295 g/mol. The largest absolute Gasteiger partial charge is 0.329 e. The second kappa shape index (κ2) is 7.97. The Bertz CT molecular complexity index is 294. The molecule has 0 bridgehead atoms. The zero-order chi connectivity index (χ0) is 15.3.